The van der Waals surface area contributed by atoms with Crippen molar-refractivity contribution in [3.05, 3.63) is 0 Å². The van der Waals surface area contributed by atoms with Gasteiger partial charge in [0.25, 0.3) is 0 Å². The average Bonchev–Trinajstić information content (AvgIpc) is 1.84. The first-order valence-corrected chi connectivity index (χ1v) is 3.48. The molecule has 6 N–H and O–H groups in total. The fourth-order valence-corrected chi connectivity index (χ4v) is 1.22. The fourth-order valence-electron chi connectivity index (χ4n) is 1.22. The normalized spacial score (nSPS) is 49.2. The van der Waals surface area contributed by atoms with E-state index in [-0.39, 0.29) is 12.1 Å². The van der Waals surface area contributed by atoms with Crippen LogP contribution in [0.2, 0.25) is 0 Å². The monoisotopic (exact) mass is 146 g/mol. The molecule has 1 fully saturated rings. The molecule has 0 saturated heterocycles. The average molecular weight is 146 g/mol. The standard InChI is InChI=1S/C6H14N2O2/c7-3-1-5(9)6(10)2-4(3)8/h3-6,9-10H,1-2,7-8H2/t3-,4-,5-,6+/m0/s1. The van der Waals surface area contributed by atoms with Gasteiger partial charge in [-0.1, -0.05) is 0 Å². The summed E-state index contributed by atoms with van der Waals surface area (Å²) in [4.78, 5) is 0. The second-order valence-corrected chi connectivity index (χ2v) is 2.93. The first kappa shape index (κ1) is 7.94. The van der Waals surface area contributed by atoms with Gasteiger partial charge in [-0.2, -0.15) is 0 Å². The zero-order valence-corrected chi connectivity index (χ0v) is 5.77. The molecule has 0 spiro atoms. The Morgan fingerprint density at radius 3 is 1.50 bits per heavy atom. The van der Waals surface area contributed by atoms with Crippen LogP contribution in [0.4, 0.5) is 0 Å². The van der Waals surface area contributed by atoms with Gasteiger partial charge < -0.3 is 21.7 Å². The molecule has 4 nitrogen and oxygen atoms in total. The van der Waals surface area contributed by atoms with Crippen molar-refractivity contribution in [3.8, 4) is 0 Å². The molecule has 60 valence electrons. The van der Waals surface area contributed by atoms with E-state index in [1.165, 1.54) is 0 Å². The summed E-state index contributed by atoms with van der Waals surface area (Å²) in [6.45, 7) is 0. The molecule has 0 bridgehead atoms. The highest BCUT2D eigenvalue weighted by atomic mass is 16.3. The molecule has 1 aliphatic carbocycles. The van der Waals surface area contributed by atoms with Gasteiger partial charge in [-0.3, -0.25) is 0 Å². The molecule has 0 aromatic heterocycles. The molecule has 4 heteroatoms. The minimum absolute atomic E-state index is 0.168. The summed E-state index contributed by atoms with van der Waals surface area (Å²) in [5, 5.41) is 18.2. The third-order valence-corrected chi connectivity index (χ3v) is 2.02. The lowest BCUT2D eigenvalue weighted by atomic mass is 9.87. The Bertz CT molecular complexity index is 94.3. The van der Waals surface area contributed by atoms with E-state index in [2.05, 4.69) is 0 Å². The largest absolute Gasteiger partial charge is 0.390 e. The predicted molar refractivity (Wildman–Crippen MR) is 37.2 cm³/mol. The summed E-state index contributed by atoms with van der Waals surface area (Å²) in [5.74, 6) is 0. The highest BCUT2D eigenvalue weighted by molar-refractivity contribution is 4.89. The van der Waals surface area contributed by atoms with Crippen molar-refractivity contribution in [2.75, 3.05) is 0 Å². The van der Waals surface area contributed by atoms with Crippen molar-refractivity contribution in [1.29, 1.82) is 0 Å². The lowest BCUT2D eigenvalue weighted by Crippen LogP contribution is -2.52. The molecule has 1 aliphatic rings. The van der Waals surface area contributed by atoms with Crippen LogP contribution in [0.3, 0.4) is 0 Å². The Labute approximate surface area is 59.8 Å². The van der Waals surface area contributed by atoms with E-state index < -0.39 is 12.2 Å². The first-order valence-electron chi connectivity index (χ1n) is 3.48. The molecule has 1 saturated carbocycles. The van der Waals surface area contributed by atoms with Gasteiger partial charge in [0.1, 0.15) is 0 Å². The topological polar surface area (TPSA) is 92.5 Å². The maximum Gasteiger partial charge on any atom is 0.0815 e. The number of hydrogen-bond acceptors (Lipinski definition) is 4. The van der Waals surface area contributed by atoms with Crippen molar-refractivity contribution in [3.63, 3.8) is 0 Å². The predicted octanol–water partition coefficient (Wildman–Crippen LogP) is -1.84. The Kier molecular flexibility index (Phi) is 2.25. The second kappa shape index (κ2) is 2.84. The van der Waals surface area contributed by atoms with Crippen LogP contribution >= 0.6 is 0 Å². The summed E-state index contributed by atoms with van der Waals surface area (Å²) in [5.41, 5.74) is 11.1. The minimum atomic E-state index is -0.685. The van der Waals surface area contributed by atoms with Crippen molar-refractivity contribution in [1.82, 2.24) is 0 Å². The third kappa shape index (κ3) is 1.46. The van der Waals surface area contributed by atoms with Crippen LogP contribution in [0.25, 0.3) is 0 Å². The van der Waals surface area contributed by atoms with Gasteiger partial charge in [0.2, 0.25) is 0 Å². The second-order valence-electron chi connectivity index (χ2n) is 2.93. The Morgan fingerprint density at radius 2 is 1.20 bits per heavy atom. The van der Waals surface area contributed by atoms with Gasteiger partial charge in [0.05, 0.1) is 12.2 Å². The van der Waals surface area contributed by atoms with E-state index in [1.807, 2.05) is 0 Å². The lowest BCUT2D eigenvalue weighted by molar-refractivity contribution is -0.0198. The van der Waals surface area contributed by atoms with E-state index in [0.29, 0.717) is 12.8 Å². The zero-order valence-electron chi connectivity index (χ0n) is 5.77. The Balaban J connectivity index is 2.46. The van der Waals surface area contributed by atoms with E-state index in [0.717, 1.165) is 0 Å². The first-order chi connectivity index (χ1) is 4.61. The van der Waals surface area contributed by atoms with E-state index >= 15 is 0 Å². The molecule has 1 rings (SSSR count). The van der Waals surface area contributed by atoms with Gasteiger partial charge >= 0.3 is 0 Å². The van der Waals surface area contributed by atoms with Gasteiger partial charge in [-0.15, -0.1) is 0 Å². The highest BCUT2D eigenvalue weighted by Crippen LogP contribution is 2.16. The molecule has 0 aliphatic heterocycles. The van der Waals surface area contributed by atoms with Crippen LogP contribution in [0.5, 0.6) is 0 Å². The summed E-state index contributed by atoms with van der Waals surface area (Å²) in [7, 11) is 0. The number of aliphatic hydroxyl groups excluding tert-OH is 2. The molecule has 0 aromatic carbocycles. The molecule has 0 amide bonds. The quantitative estimate of drug-likeness (QED) is 0.323. The minimum Gasteiger partial charge on any atom is -0.390 e. The molecule has 0 heterocycles. The fraction of sp³-hybridized carbons (Fsp3) is 1.00. The Hall–Kier alpha value is -0.160. The smallest absolute Gasteiger partial charge is 0.0815 e. The van der Waals surface area contributed by atoms with Crippen LogP contribution in [0.15, 0.2) is 0 Å². The number of nitrogens with two attached hydrogens (primary N) is 2. The maximum absolute atomic E-state index is 9.08. The van der Waals surface area contributed by atoms with Crippen LogP contribution in [0.1, 0.15) is 12.8 Å². The van der Waals surface area contributed by atoms with E-state index in [1.54, 1.807) is 0 Å². The Morgan fingerprint density at radius 1 is 0.900 bits per heavy atom. The summed E-state index contributed by atoms with van der Waals surface area (Å²) >= 11 is 0. The molecule has 0 radical (unpaired) electrons. The van der Waals surface area contributed by atoms with Gasteiger partial charge in [0, 0.05) is 12.1 Å². The van der Waals surface area contributed by atoms with Gasteiger partial charge in [0.15, 0.2) is 0 Å². The summed E-state index contributed by atoms with van der Waals surface area (Å²) in [6.07, 6.45) is -0.561. The lowest BCUT2D eigenvalue weighted by Gasteiger charge is -2.32. The third-order valence-electron chi connectivity index (χ3n) is 2.02. The SMILES string of the molecule is N[C@H]1C[C@@H](O)[C@@H](O)C[C@@H]1N. The molecular formula is C6H14N2O2. The molecular weight excluding hydrogens is 132 g/mol. The molecule has 10 heavy (non-hydrogen) atoms. The number of aliphatic hydroxyl groups is 2. The van der Waals surface area contributed by atoms with E-state index in [9.17, 15) is 0 Å². The van der Waals surface area contributed by atoms with Crippen molar-refractivity contribution >= 4 is 0 Å². The van der Waals surface area contributed by atoms with E-state index in [4.69, 9.17) is 21.7 Å². The van der Waals surface area contributed by atoms with Crippen LogP contribution in [0, 0.1) is 0 Å². The highest BCUT2D eigenvalue weighted by Gasteiger charge is 2.30. The van der Waals surface area contributed by atoms with Crippen LogP contribution in [-0.2, 0) is 0 Å². The maximum atomic E-state index is 9.08. The zero-order chi connectivity index (χ0) is 7.72. The van der Waals surface area contributed by atoms with Gasteiger partial charge in [-0.05, 0) is 12.8 Å². The van der Waals surface area contributed by atoms with Crippen molar-refractivity contribution < 1.29 is 10.2 Å². The summed E-state index contributed by atoms with van der Waals surface area (Å²) in [6, 6.07) is -0.336. The molecule has 0 aromatic rings. The molecule has 4 atom stereocenters. The van der Waals surface area contributed by atoms with Crippen LogP contribution in [-0.4, -0.2) is 34.5 Å². The van der Waals surface area contributed by atoms with Crippen LogP contribution < -0.4 is 11.5 Å². The van der Waals surface area contributed by atoms with Gasteiger partial charge in [-0.25, -0.2) is 0 Å². The molecule has 0 unspecified atom stereocenters. The number of hydrogen-bond donors (Lipinski definition) is 4. The van der Waals surface area contributed by atoms with Crippen molar-refractivity contribution in [2.45, 2.75) is 37.1 Å². The number of rotatable bonds is 0. The van der Waals surface area contributed by atoms with Crippen molar-refractivity contribution in [2.24, 2.45) is 11.5 Å². The summed E-state index contributed by atoms with van der Waals surface area (Å²) < 4.78 is 0.